The third kappa shape index (κ3) is 1.48. The van der Waals surface area contributed by atoms with E-state index in [4.69, 9.17) is 0 Å². The van der Waals surface area contributed by atoms with Crippen LogP contribution in [0, 0.1) is 11.6 Å². The minimum Gasteiger partial charge on any atom is -0.285 e. The number of halogens is 2. The normalized spacial score (nSPS) is 20.7. The lowest BCUT2D eigenvalue weighted by Crippen LogP contribution is -2.25. The number of benzene rings is 1. The number of imide groups is 1. The van der Waals surface area contributed by atoms with Crippen molar-refractivity contribution in [3.8, 4) is 0 Å². The summed E-state index contributed by atoms with van der Waals surface area (Å²) in [5.74, 6) is -3.82. The second-order valence-corrected chi connectivity index (χ2v) is 3.69. The third-order valence-electron chi connectivity index (χ3n) is 2.74. The van der Waals surface area contributed by atoms with Crippen LogP contribution in [0.4, 0.5) is 8.78 Å². The number of amides is 2. The van der Waals surface area contributed by atoms with Crippen LogP contribution in [0.15, 0.2) is 18.2 Å². The van der Waals surface area contributed by atoms with Gasteiger partial charge in [0.2, 0.25) is 11.8 Å². The van der Waals surface area contributed by atoms with E-state index in [1.165, 1.54) is 19.2 Å². The van der Waals surface area contributed by atoms with E-state index in [1.807, 2.05) is 0 Å². The zero-order valence-corrected chi connectivity index (χ0v) is 8.54. The number of rotatable bonds is 1. The van der Waals surface area contributed by atoms with Crippen LogP contribution in [0.25, 0.3) is 0 Å². The van der Waals surface area contributed by atoms with Crippen molar-refractivity contribution in [2.75, 3.05) is 7.05 Å². The molecule has 1 heterocycles. The number of carbonyl (C=O) groups is 2. The summed E-state index contributed by atoms with van der Waals surface area (Å²) in [5, 5.41) is 0. The molecule has 1 fully saturated rings. The average molecular weight is 225 g/mol. The summed E-state index contributed by atoms with van der Waals surface area (Å²) in [7, 11) is 1.34. The molecule has 2 amide bonds. The molecule has 5 heteroatoms. The Morgan fingerprint density at radius 2 is 2.00 bits per heavy atom. The Morgan fingerprint density at radius 3 is 2.56 bits per heavy atom. The molecule has 1 aliphatic heterocycles. The van der Waals surface area contributed by atoms with Crippen molar-refractivity contribution in [1.82, 2.24) is 4.90 Å². The molecular formula is C11H9F2NO2. The van der Waals surface area contributed by atoms with Crippen molar-refractivity contribution < 1.29 is 18.4 Å². The summed E-state index contributed by atoms with van der Waals surface area (Å²) in [4.78, 5) is 23.8. The van der Waals surface area contributed by atoms with E-state index in [-0.39, 0.29) is 17.9 Å². The average Bonchev–Trinajstić information content (AvgIpc) is 2.50. The summed E-state index contributed by atoms with van der Waals surface area (Å²) in [5.41, 5.74) is -0.0531. The molecule has 0 radical (unpaired) electrons. The first-order chi connectivity index (χ1) is 7.52. The maximum Gasteiger partial charge on any atom is 0.237 e. The van der Waals surface area contributed by atoms with Gasteiger partial charge in [0, 0.05) is 19.0 Å². The molecule has 1 saturated heterocycles. The molecule has 1 atom stereocenters. The van der Waals surface area contributed by atoms with Crippen molar-refractivity contribution >= 4 is 11.8 Å². The van der Waals surface area contributed by atoms with Gasteiger partial charge in [-0.15, -0.1) is 0 Å². The highest BCUT2D eigenvalue weighted by atomic mass is 19.2. The van der Waals surface area contributed by atoms with Crippen LogP contribution < -0.4 is 0 Å². The minimum absolute atomic E-state index is 0.0531. The van der Waals surface area contributed by atoms with Gasteiger partial charge < -0.3 is 0 Å². The molecule has 0 spiro atoms. The van der Waals surface area contributed by atoms with Gasteiger partial charge in [0.1, 0.15) is 0 Å². The minimum atomic E-state index is -1.05. The van der Waals surface area contributed by atoms with E-state index < -0.39 is 23.5 Å². The van der Waals surface area contributed by atoms with Gasteiger partial charge in [-0.1, -0.05) is 12.1 Å². The zero-order valence-electron chi connectivity index (χ0n) is 8.54. The standard InChI is InChI=1S/C11H9F2NO2/c1-14-9(15)5-7(11(14)16)6-3-2-4-8(12)10(6)13/h2-4,7H,5H2,1H3. The first-order valence-corrected chi connectivity index (χ1v) is 4.76. The van der Waals surface area contributed by atoms with E-state index >= 15 is 0 Å². The summed E-state index contributed by atoms with van der Waals surface area (Å²) < 4.78 is 26.4. The highest BCUT2D eigenvalue weighted by Gasteiger charge is 2.38. The molecule has 16 heavy (non-hydrogen) atoms. The molecular weight excluding hydrogens is 216 g/mol. The Hall–Kier alpha value is -1.78. The van der Waals surface area contributed by atoms with E-state index in [0.717, 1.165) is 11.0 Å². The second-order valence-electron chi connectivity index (χ2n) is 3.69. The van der Waals surface area contributed by atoms with E-state index in [9.17, 15) is 18.4 Å². The van der Waals surface area contributed by atoms with Crippen LogP contribution in [0.5, 0.6) is 0 Å². The first kappa shape index (κ1) is 10.7. The van der Waals surface area contributed by atoms with Gasteiger partial charge in [0.05, 0.1) is 5.92 Å². The fraction of sp³-hybridized carbons (Fsp3) is 0.273. The van der Waals surface area contributed by atoms with Crippen LogP contribution in [0.3, 0.4) is 0 Å². The van der Waals surface area contributed by atoms with Crippen molar-refractivity contribution in [3.63, 3.8) is 0 Å². The zero-order chi connectivity index (χ0) is 11.9. The van der Waals surface area contributed by atoms with E-state index in [1.54, 1.807) is 0 Å². The fourth-order valence-corrected chi connectivity index (χ4v) is 1.79. The van der Waals surface area contributed by atoms with Gasteiger partial charge in [0.25, 0.3) is 0 Å². The molecule has 1 aromatic rings. The largest absolute Gasteiger partial charge is 0.285 e. The molecule has 84 valence electrons. The number of likely N-dealkylation sites (N-methyl/N-ethyl adjacent to an activating group) is 1. The summed E-state index contributed by atoms with van der Waals surface area (Å²) in [6.45, 7) is 0. The Balaban J connectivity index is 2.43. The molecule has 0 N–H and O–H groups in total. The number of hydrogen-bond acceptors (Lipinski definition) is 2. The highest BCUT2D eigenvalue weighted by molar-refractivity contribution is 6.05. The van der Waals surface area contributed by atoms with Crippen LogP contribution in [-0.2, 0) is 9.59 Å². The molecule has 3 nitrogen and oxygen atoms in total. The monoisotopic (exact) mass is 225 g/mol. The molecule has 0 bridgehead atoms. The quantitative estimate of drug-likeness (QED) is 0.678. The van der Waals surface area contributed by atoms with Gasteiger partial charge in [-0.2, -0.15) is 0 Å². The summed E-state index contributed by atoms with van der Waals surface area (Å²) >= 11 is 0. The summed E-state index contributed by atoms with van der Waals surface area (Å²) in [6, 6.07) is 3.63. The Labute approximate surface area is 90.7 Å². The number of nitrogens with zero attached hydrogens (tertiary/aromatic N) is 1. The first-order valence-electron chi connectivity index (χ1n) is 4.76. The van der Waals surface area contributed by atoms with Gasteiger partial charge in [-0.3, -0.25) is 14.5 Å². The molecule has 0 aromatic heterocycles. The van der Waals surface area contributed by atoms with Gasteiger partial charge in [-0.05, 0) is 6.07 Å². The molecule has 1 unspecified atom stereocenters. The van der Waals surface area contributed by atoms with Gasteiger partial charge in [-0.25, -0.2) is 8.78 Å². The Kier molecular flexibility index (Phi) is 2.46. The maximum atomic E-state index is 13.4. The third-order valence-corrected chi connectivity index (χ3v) is 2.74. The van der Waals surface area contributed by atoms with Crippen molar-refractivity contribution in [2.45, 2.75) is 12.3 Å². The molecule has 1 aromatic carbocycles. The van der Waals surface area contributed by atoms with Crippen LogP contribution in [0.1, 0.15) is 17.9 Å². The number of carbonyl (C=O) groups excluding carboxylic acids is 2. The molecule has 0 saturated carbocycles. The Bertz CT molecular complexity index is 473. The van der Waals surface area contributed by atoms with E-state index in [2.05, 4.69) is 0 Å². The predicted octanol–water partition coefficient (Wildman–Crippen LogP) is 1.44. The molecule has 0 aliphatic carbocycles. The number of hydrogen-bond donors (Lipinski definition) is 0. The van der Waals surface area contributed by atoms with Crippen molar-refractivity contribution in [3.05, 3.63) is 35.4 Å². The van der Waals surface area contributed by atoms with Crippen molar-refractivity contribution in [1.29, 1.82) is 0 Å². The lowest BCUT2D eigenvalue weighted by atomic mass is 9.97. The molecule has 2 rings (SSSR count). The van der Waals surface area contributed by atoms with Crippen molar-refractivity contribution in [2.24, 2.45) is 0 Å². The smallest absolute Gasteiger partial charge is 0.237 e. The maximum absolute atomic E-state index is 13.4. The van der Waals surface area contributed by atoms with Crippen LogP contribution in [-0.4, -0.2) is 23.8 Å². The van der Waals surface area contributed by atoms with Gasteiger partial charge in [0.15, 0.2) is 11.6 Å². The lowest BCUT2D eigenvalue weighted by molar-refractivity contribution is -0.137. The topological polar surface area (TPSA) is 37.4 Å². The highest BCUT2D eigenvalue weighted by Crippen LogP contribution is 2.30. The van der Waals surface area contributed by atoms with Gasteiger partial charge >= 0.3 is 0 Å². The van der Waals surface area contributed by atoms with Crippen LogP contribution >= 0.6 is 0 Å². The fourth-order valence-electron chi connectivity index (χ4n) is 1.79. The SMILES string of the molecule is CN1C(=O)CC(c2cccc(F)c2F)C1=O. The van der Waals surface area contributed by atoms with Crippen LogP contribution in [0.2, 0.25) is 0 Å². The number of likely N-dealkylation sites (tertiary alicyclic amines) is 1. The van der Waals surface area contributed by atoms with E-state index in [0.29, 0.717) is 0 Å². The predicted molar refractivity (Wildman–Crippen MR) is 51.5 cm³/mol. The Morgan fingerprint density at radius 1 is 1.31 bits per heavy atom. The lowest BCUT2D eigenvalue weighted by Gasteiger charge is -2.10. The molecule has 1 aliphatic rings. The second kappa shape index (κ2) is 3.66. The summed E-state index contributed by atoms with van der Waals surface area (Å²) in [6.07, 6.45) is -0.101.